The lowest BCUT2D eigenvalue weighted by Crippen LogP contribution is -2.23. The fourth-order valence-corrected chi connectivity index (χ4v) is 1.97. The molecule has 0 unspecified atom stereocenters. The molecule has 0 amide bonds. The molecule has 0 spiro atoms. The van der Waals surface area contributed by atoms with Crippen LogP contribution in [0.25, 0.3) is 0 Å². The molecule has 2 N–H and O–H groups in total. The fraction of sp³-hybridized carbons (Fsp3) is 0.250. The summed E-state index contributed by atoms with van der Waals surface area (Å²) in [5.74, 6) is -3.33. The van der Waals surface area contributed by atoms with Crippen LogP contribution in [-0.4, -0.2) is 13.2 Å². The monoisotopic (exact) mass is 295 g/mol. The van der Waals surface area contributed by atoms with Gasteiger partial charge in [0.25, 0.3) is 0 Å². The lowest BCUT2D eigenvalue weighted by atomic mass is 10.1. The van der Waals surface area contributed by atoms with E-state index in [1.54, 1.807) is 18.2 Å². The van der Waals surface area contributed by atoms with E-state index in [0.717, 1.165) is 0 Å². The van der Waals surface area contributed by atoms with Gasteiger partial charge in [0.05, 0.1) is 0 Å². The van der Waals surface area contributed by atoms with E-state index in [9.17, 15) is 13.2 Å². The van der Waals surface area contributed by atoms with E-state index in [4.69, 9.17) is 10.5 Å². The van der Waals surface area contributed by atoms with Gasteiger partial charge in [0.15, 0.2) is 6.61 Å². The van der Waals surface area contributed by atoms with Crippen molar-refractivity contribution >= 4 is 0 Å². The van der Waals surface area contributed by atoms with E-state index in [1.807, 2.05) is 0 Å². The molecule has 0 heterocycles. The summed E-state index contributed by atoms with van der Waals surface area (Å²) in [5, 5.41) is 0. The van der Waals surface area contributed by atoms with Crippen molar-refractivity contribution in [1.82, 2.24) is 0 Å². The maximum Gasteiger partial charge on any atom is 0.306 e. The highest BCUT2D eigenvalue weighted by atomic mass is 19.3. The van der Waals surface area contributed by atoms with Gasteiger partial charge in [0, 0.05) is 5.56 Å². The third-order valence-corrected chi connectivity index (χ3v) is 3.04. The minimum atomic E-state index is -3.12. The van der Waals surface area contributed by atoms with Crippen molar-refractivity contribution in [3.05, 3.63) is 65.5 Å². The molecule has 0 aliphatic heterocycles. The van der Waals surface area contributed by atoms with Gasteiger partial charge in [-0.2, -0.15) is 8.78 Å². The fourth-order valence-electron chi connectivity index (χ4n) is 1.97. The Hall–Kier alpha value is -2.01. The summed E-state index contributed by atoms with van der Waals surface area (Å²) in [6.07, 6.45) is 0.365. The van der Waals surface area contributed by atoms with Crippen LogP contribution in [0, 0.1) is 5.82 Å². The zero-order valence-corrected chi connectivity index (χ0v) is 11.4. The van der Waals surface area contributed by atoms with Crippen LogP contribution in [0.5, 0.6) is 5.75 Å². The van der Waals surface area contributed by atoms with Crippen LogP contribution in [0.4, 0.5) is 13.2 Å². The van der Waals surface area contributed by atoms with Crippen LogP contribution in [0.2, 0.25) is 0 Å². The molecule has 0 aromatic heterocycles. The van der Waals surface area contributed by atoms with Gasteiger partial charge in [-0.05, 0) is 36.7 Å². The predicted molar refractivity (Wildman–Crippen MR) is 75.0 cm³/mol. The van der Waals surface area contributed by atoms with Crippen LogP contribution >= 0.6 is 0 Å². The number of nitrogens with two attached hydrogens (primary N) is 1. The second kappa shape index (κ2) is 6.63. The number of alkyl halides is 2. The summed E-state index contributed by atoms with van der Waals surface area (Å²) in [7, 11) is 0. The predicted octanol–water partition coefficient (Wildman–Crippen LogP) is 3.50. The summed E-state index contributed by atoms with van der Waals surface area (Å²) in [6.45, 7) is -0.519. The average molecular weight is 295 g/mol. The smallest absolute Gasteiger partial charge is 0.306 e. The summed E-state index contributed by atoms with van der Waals surface area (Å²) >= 11 is 0. The van der Waals surface area contributed by atoms with Crippen molar-refractivity contribution < 1.29 is 17.9 Å². The van der Waals surface area contributed by atoms with Crippen LogP contribution in [0.3, 0.4) is 0 Å². The molecule has 5 heteroatoms. The van der Waals surface area contributed by atoms with Gasteiger partial charge < -0.3 is 10.5 Å². The molecule has 2 nitrogen and oxygen atoms in total. The Balaban J connectivity index is 2.12. The van der Waals surface area contributed by atoms with E-state index in [2.05, 4.69) is 0 Å². The molecule has 2 rings (SSSR count). The molecule has 2 aromatic carbocycles. The first-order chi connectivity index (χ1) is 10.0. The number of rotatable bonds is 6. The van der Waals surface area contributed by atoms with Gasteiger partial charge in [-0.15, -0.1) is 0 Å². The topological polar surface area (TPSA) is 35.2 Å². The van der Waals surface area contributed by atoms with Gasteiger partial charge in [0.1, 0.15) is 11.6 Å². The largest absolute Gasteiger partial charge is 0.487 e. The van der Waals surface area contributed by atoms with Gasteiger partial charge >= 0.3 is 5.92 Å². The quantitative estimate of drug-likeness (QED) is 0.885. The van der Waals surface area contributed by atoms with E-state index < -0.39 is 18.3 Å². The van der Waals surface area contributed by atoms with E-state index in [0.29, 0.717) is 12.0 Å². The summed E-state index contributed by atoms with van der Waals surface area (Å²) in [4.78, 5) is 0. The lowest BCUT2D eigenvalue weighted by Gasteiger charge is -2.19. The molecule has 0 aliphatic rings. The molecule has 112 valence electrons. The summed E-state index contributed by atoms with van der Waals surface area (Å²) < 4.78 is 46.4. The molecule has 0 atom stereocenters. The zero-order valence-electron chi connectivity index (χ0n) is 11.4. The van der Waals surface area contributed by atoms with Crippen LogP contribution < -0.4 is 10.5 Å². The normalized spacial score (nSPS) is 11.4. The zero-order chi connectivity index (χ0) is 15.3. The number of hydrogen-bond donors (Lipinski definition) is 1. The van der Waals surface area contributed by atoms with E-state index in [1.165, 1.54) is 30.3 Å². The molecule has 0 radical (unpaired) electrons. The maximum absolute atomic E-state index is 14.0. The Bertz CT molecular complexity index is 587. The minimum Gasteiger partial charge on any atom is -0.487 e. The van der Waals surface area contributed by atoms with Crippen LogP contribution in [0.1, 0.15) is 11.1 Å². The Morgan fingerprint density at radius 2 is 1.76 bits per heavy atom. The van der Waals surface area contributed by atoms with Gasteiger partial charge in [-0.25, -0.2) is 4.39 Å². The van der Waals surface area contributed by atoms with Crippen molar-refractivity contribution in [1.29, 1.82) is 0 Å². The highest BCUT2D eigenvalue weighted by molar-refractivity contribution is 5.34. The van der Waals surface area contributed by atoms with Crippen molar-refractivity contribution in [2.45, 2.75) is 12.3 Å². The lowest BCUT2D eigenvalue weighted by molar-refractivity contribution is -0.0469. The first kappa shape index (κ1) is 15.4. The second-order valence-corrected chi connectivity index (χ2v) is 4.65. The number of benzene rings is 2. The third-order valence-electron chi connectivity index (χ3n) is 3.04. The highest BCUT2D eigenvalue weighted by Crippen LogP contribution is 2.30. The molecular weight excluding hydrogens is 279 g/mol. The Labute approximate surface area is 121 Å². The number of halogens is 3. The first-order valence-corrected chi connectivity index (χ1v) is 6.57. The first-order valence-electron chi connectivity index (χ1n) is 6.57. The molecule has 0 saturated carbocycles. The molecular formula is C16H16F3NO. The molecule has 0 saturated heterocycles. The molecule has 0 aliphatic carbocycles. The van der Waals surface area contributed by atoms with E-state index in [-0.39, 0.29) is 17.9 Å². The molecule has 0 fully saturated rings. The average Bonchev–Trinajstić information content (AvgIpc) is 2.48. The molecule has 0 bridgehead atoms. The molecule has 21 heavy (non-hydrogen) atoms. The number of hydrogen-bond acceptors (Lipinski definition) is 2. The van der Waals surface area contributed by atoms with E-state index >= 15 is 0 Å². The number of ether oxygens (including phenoxy) is 1. The van der Waals surface area contributed by atoms with Crippen molar-refractivity contribution in [2.24, 2.45) is 5.73 Å². The van der Waals surface area contributed by atoms with Gasteiger partial charge in [-0.1, -0.05) is 30.3 Å². The SMILES string of the molecule is NCCc1cc(F)ccc1OCC(F)(F)c1ccccc1. The van der Waals surface area contributed by atoms with Gasteiger partial charge in [0.2, 0.25) is 0 Å². The van der Waals surface area contributed by atoms with Gasteiger partial charge in [-0.3, -0.25) is 0 Å². The van der Waals surface area contributed by atoms with Crippen LogP contribution in [-0.2, 0) is 12.3 Å². The van der Waals surface area contributed by atoms with Crippen LogP contribution in [0.15, 0.2) is 48.5 Å². The molecule has 2 aromatic rings. The minimum absolute atomic E-state index is 0.118. The van der Waals surface area contributed by atoms with Crippen molar-refractivity contribution in [3.63, 3.8) is 0 Å². The van der Waals surface area contributed by atoms with Crippen molar-refractivity contribution in [2.75, 3.05) is 13.2 Å². The Kier molecular flexibility index (Phi) is 4.85. The maximum atomic E-state index is 14.0. The third kappa shape index (κ3) is 3.98. The Morgan fingerprint density at radius 3 is 2.43 bits per heavy atom. The summed E-state index contributed by atoms with van der Waals surface area (Å²) in [5.41, 5.74) is 5.80. The second-order valence-electron chi connectivity index (χ2n) is 4.65. The highest BCUT2D eigenvalue weighted by Gasteiger charge is 2.32. The Morgan fingerprint density at radius 1 is 1.05 bits per heavy atom. The standard InChI is InChI=1S/C16H16F3NO/c17-14-6-7-15(12(10-14)8-9-20)21-11-16(18,19)13-4-2-1-3-5-13/h1-7,10H,8-9,11,20H2. The van der Waals surface area contributed by atoms with Crippen molar-refractivity contribution in [3.8, 4) is 5.75 Å². The summed E-state index contributed by atoms with van der Waals surface area (Å²) in [6, 6.07) is 11.2.